The van der Waals surface area contributed by atoms with Crippen molar-refractivity contribution in [3.8, 4) is 11.8 Å². The maximum atomic E-state index is 11.9. The molecular weight excluding hydrogens is 262 g/mol. The summed E-state index contributed by atoms with van der Waals surface area (Å²) in [6.45, 7) is 2.40. The van der Waals surface area contributed by atoms with Crippen LogP contribution in [-0.4, -0.2) is 29.5 Å². The highest BCUT2D eigenvalue weighted by Crippen LogP contribution is 2.15. The van der Waals surface area contributed by atoms with Crippen molar-refractivity contribution in [2.24, 2.45) is 4.99 Å². The predicted octanol–water partition coefficient (Wildman–Crippen LogP) is 1.54. The van der Waals surface area contributed by atoms with E-state index in [0.29, 0.717) is 16.5 Å². The van der Waals surface area contributed by atoms with Crippen molar-refractivity contribution in [1.29, 1.82) is 5.26 Å². The van der Waals surface area contributed by atoms with Crippen LogP contribution >= 0.6 is 11.8 Å². The Hall–Kier alpha value is -2.00. The number of carbonyl (C=O) groups is 1. The van der Waals surface area contributed by atoms with Crippen molar-refractivity contribution in [1.82, 2.24) is 5.32 Å². The highest BCUT2D eigenvalue weighted by molar-refractivity contribution is 8.14. The number of nitriles is 1. The van der Waals surface area contributed by atoms with Gasteiger partial charge in [-0.3, -0.25) is 9.79 Å². The molecule has 1 aromatic carbocycles. The summed E-state index contributed by atoms with van der Waals surface area (Å²) in [5, 5.41) is 12.1. The number of carbonyl (C=O) groups excluding carboxylic acids is 1. The molecule has 0 aromatic heterocycles. The minimum absolute atomic E-state index is 0.240. The number of benzene rings is 1. The van der Waals surface area contributed by atoms with Crippen LogP contribution in [0, 0.1) is 11.3 Å². The van der Waals surface area contributed by atoms with Gasteiger partial charge in [-0.2, -0.15) is 5.26 Å². The zero-order valence-electron chi connectivity index (χ0n) is 10.4. The Balaban J connectivity index is 1.94. The number of amidine groups is 1. The molecule has 0 saturated heterocycles. The highest BCUT2D eigenvalue weighted by Gasteiger charge is 2.18. The number of amides is 1. The van der Waals surface area contributed by atoms with Crippen molar-refractivity contribution >= 4 is 22.8 Å². The van der Waals surface area contributed by atoms with Crippen LogP contribution in [-0.2, 0) is 4.79 Å². The molecule has 1 unspecified atom stereocenters. The Morgan fingerprint density at radius 2 is 2.47 bits per heavy atom. The third-order valence-electron chi connectivity index (χ3n) is 2.46. The van der Waals surface area contributed by atoms with Gasteiger partial charge in [0.15, 0.2) is 11.3 Å². The quantitative estimate of drug-likeness (QED) is 0.908. The summed E-state index contributed by atoms with van der Waals surface area (Å²) in [5.41, 5.74) is 0.501. The molecule has 0 aliphatic carbocycles. The van der Waals surface area contributed by atoms with Gasteiger partial charge >= 0.3 is 0 Å². The number of ether oxygens (including phenoxy) is 1. The first kappa shape index (κ1) is 13.4. The Bertz CT molecular complexity index is 551. The van der Waals surface area contributed by atoms with Crippen molar-refractivity contribution < 1.29 is 9.53 Å². The summed E-state index contributed by atoms with van der Waals surface area (Å²) in [7, 11) is 0. The first-order valence-electron chi connectivity index (χ1n) is 5.84. The fourth-order valence-electron chi connectivity index (χ4n) is 1.51. The van der Waals surface area contributed by atoms with E-state index >= 15 is 0 Å². The molecule has 1 aliphatic heterocycles. The molecule has 5 nitrogen and oxygen atoms in total. The summed E-state index contributed by atoms with van der Waals surface area (Å²) >= 11 is 1.52. The van der Waals surface area contributed by atoms with Crippen LogP contribution < -0.4 is 10.1 Å². The van der Waals surface area contributed by atoms with E-state index < -0.39 is 6.10 Å². The molecule has 1 aromatic rings. The van der Waals surface area contributed by atoms with E-state index in [1.807, 2.05) is 6.07 Å². The van der Waals surface area contributed by atoms with Crippen molar-refractivity contribution in [3.63, 3.8) is 0 Å². The maximum absolute atomic E-state index is 11.9. The summed E-state index contributed by atoms with van der Waals surface area (Å²) in [4.78, 5) is 16.0. The standard InChI is InChI=1S/C13H13N3O2S/c1-9(12(17)16-13-15-5-6-19-13)18-11-4-2-3-10(7-11)8-14/h2-4,7,9H,5-6H2,1H3,(H,15,16,17). The molecule has 1 heterocycles. The van der Waals surface area contributed by atoms with Gasteiger partial charge in [-0.25, -0.2) is 0 Å². The van der Waals surface area contributed by atoms with E-state index in [1.54, 1.807) is 31.2 Å². The summed E-state index contributed by atoms with van der Waals surface area (Å²) in [6.07, 6.45) is -0.641. The largest absolute Gasteiger partial charge is 0.481 e. The first-order chi connectivity index (χ1) is 9.19. The summed E-state index contributed by atoms with van der Waals surface area (Å²) in [5.74, 6) is 1.16. The van der Waals surface area contributed by atoms with Gasteiger partial charge in [0.1, 0.15) is 5.75 Å². The molecular formula is C13H13N3O2S. The third-order valence-corrected chi connectivity index (χ3v) is 3.35. The monoisotopic (exact) mass is 275 g/mol. The molecule has 98 valence electrons. The zero-order chi connectivity index (χ0) is 13.7. The van der Waals surface area contributed by atoms with E-state index in [4.69, 9.17) is 10.00 Å². The van der Waals surface area contributed by atoms with Crippen LogP contribution in [0.5, 0.6) is 5.75 Å². The van der Waals surface area contributed by atoms with Crippen LogP contribution in [0.3, 0.4) is 0 Å². The van der Waals surface area contributed by atoms with E-state index in [1.165, 1.54) is 11.8 Å². The van der Waals surface area contributed by atoms with Crippen LogP contribution in [0.25, 0.3) is 0 Å². The second-order valence-electron chi connectivity index (χ2n) is 3.92. The molecule has 19 heavy (non-hydrogen) atoms. The first-order valence-corrected chi connectivity index (χ1v) is 6.82. The number of hydrogen-bond donors (Lipinski definition) is 1. The molecule has 0 radical (unpaired) electrons. The van der Waals surface area contributed by atoms with Crippen LogP contribution in [0.2, 0.25) is 0 Å². The Kier molecular flexibility index (Phi) is 4.42. The average Bonchev–Trinajstić information content (AvgIpc) is 2.91. The van der Waals surface area contributed by atoms with Crippen molar-refractivity contribution in [3.05, 3.63) is 29.8 Å². The van der Waals surface area contributed by atoms with E-state index in [0.717, 1.165) is 12.3 Å². The lowest BCUT2D eigenvalue weighted by Gasteiger charge is -2.14. The van der Waals surface area contributed by atoms with Gasteiger partial charge in [-0.05, 0) is 25.1 Å². The minimum atomic E-state index is -0.641. The Morgan fingerprint density at radius 1 is 1.63 bits per heavy atom. The molecule has 0 bridgehead atoms. The molecule has 0 saturated carbocycles. The number of hydrogen-bond acceptors (Lipinski definition) is 5. The van der Waals surface area contributed by atoms with Crippen LogP contribution in [0.4, 0.5) is 0 Å². The van der Waals surface area contributed by atoms with Crippen LogP contribution in [0.15, 0.2) is 29.3 Å². The molecule has 1 atom stereocenters. The second kappa shape index (κ2) is 6.25. The van der Waals surface area contributed by atoms with Gasteiger partial charge in [-0.1, -0.05) is 17.8 Å². The molecule has 2 rings (SSSR count). The number of thioether (sulfide) groups is 1. The molecule has 1 aliphatic rings. The number of rotatable bonds is 3. The van der Waals surface area contributed by atoms with E-state index in [-0.39, 0.29) is 5.91 Å². The van der Waals surface area contributed by atoms with Gasteiger partial charge in [-0.15, -0.1) is 0 Å². The lowest BCUT2D eigenvalue weighted by Crippen LogP contribution is -2.38. The van der Waals surface area contributed by atoms with Gasteiger partial charge in [0.2, 0.25) is 0 Å². The smallest absolute Gasteiger partial charge is 0.266 e. The van der Waals surface area contributed by atoms with E-state index in [9.17, 15) is 4.79 Å². The number of nitrogens with zero attached hydrogens (tertiary/aromatic N) is 2. The topological polar surface area (TPSA) is 74.5 Å². The number of aliphatic imine (C=N–C) groups is 1. The Labute approximate surface area is 115 Å². The number of nitrogens with one attached hydrogen (secondary N) is 1. The van der Waals surface area contributed by atoms with Gasteiger partial charge in [0, 0.05) is 5.75 Å². The highest BCUT2D eigenvalue weighted by atomic mass is 32.2. The maximum Gasteiger partial charge on any atom is 0.266 e. The minimum Gasteiger partial charge on any atom is -0.481 e. The third kappa shape index (κ3) is 3.73. The Morgan fingerprint density at radius 3 is 3.16 bits per heavy atom. The van der Waals surface area contributed by atoms with Crippen LogP contribution in [0.1, 0.15) is 12.5 Å². The normalized spacial score (nSPS) is 15.3. The molecule has 0 fully saturated rings. The molecule has 1 N–H and O–H groups in total. The molecule has 0 spiro atoms. The fraction of sp³-hybridized carbons (Fsp3) is 0.308. The summed E-state index contributed by atoms with van der Waals surface area (Å²) < 4.78 is 5.50. The molecule has 6 heteroatoms. The zero-order valence-corrected chi connectivity index (χ0v) is 11.2. The lowest BCUT2D eigenvalue weighted by atomic mass is 10.2. The predicted molar refractivity (Wildman–Crippen MR) is 74.1 cm³/mol. The van der Waals surface area contributed by atoms with Gasteiger partial charge in [0.05, 0.1) is 18.2 Å². The van der Waals surface area contributed by atoms with Gasteiger partial charge in [0.25, 0.3) is 5.91 Å². The molecule has 1 amide bonds. The van der Waals surface area contributed by atoms with Crippen molar-refractivity contribution in [2.75, 3.05) is 12.3 Å². The fourth-order valence-corrected chi connectivity index (χ4v) is 2.25. The van der Waals surface area contributed by atoms with Gasteiger partial charge < -0.3 is 10.1 Å². The average molecular weight is 275 g/mol. The second-order valence-corrected chi connectivity index (χ2v) is 5.01. The van der Waals surface area contributed by atoms with E-state index in [2.05, 4.69) is 10.3 Å². The lowest BCUT2D eigenvalue weighted by molar-refractivity contribution is -0.125. The summed E-state index contributed by atoms with van der Waals surface area (Å²) in [6, 6.07) is 8.74. The van der Waals surface area contributed by atoms with Crippen molar-refractivity contribution in [2.45, 2.75) is 13.0 Å². The SMILES string of the molecule is CC(Oc1cccc(C#N)c1)C(=O)NC1=NCCS1.